The van der Waals surface area contributed by atoms with Crippen molar-refractivity contribution in [3.05, 3.63) is 29.8 Å². The molecule has 0 amide bonds. The average Bonchev–Trinajstić information content (AvgIpc) is 2.21. The molecule has 0 aliphatic heterocycles. The lowest BCUT2D eigenvalue weighted by Crippen LogP contribution is -2.36. The minimum absolute atomic E-state index is 0. The lowest BCUT2D eigenvalue weighted by Gasteiger charge is -2.34. The van der Waals surface area contributed by atoms with E-state index in [-0.39, 0.29) is 12.4 Å². The Kier molecular flexibility index (Phi) is 5.97. The summed E-state index contributed by atoms with van der Waals surface area (Å²) < 4.78 is 0. The van der Waals surface area contributed by atoms with Crippen molar-refractivity contribution in [1.82, 2.24) is 4.90 Å². The molecule has 1 aliphatic carbocycles. The number of rotatable bonds is 5. The van der Waals surface area contributed by atoms with Gasteiger partial charge in [0.2, 0.25) is 0 Å². The Hall–Kier alpha value is -0.730. The number of halogens is 1. The van der Waals surface area contributed by atoms with Gasteiger partial charge < -0.3 is 5.73 Å². The highest BCUT2D eigenvalue weighted by Crippen LogP contribution is 2.28. The van der Waals surface area contributed by atoms with Crippen LogP contribution in [0.25, 0.3) is 0 Å². The van der Waals surface area contributed by atoms with Crippen LogP contribution in [0.3, 0.4) is 0 Å². The first-order chi connectivity index (χ1) is 8.15. The van der Waals surface area contributed by atoms with Gasteiger partial charge >= 0.3 is 0 Å². The quantitative estimate of drug-likeness (QED) is 0.825. The molecule has 0 spiro atoms. The molecular weight excluding hydrogens is 244 g/mol. The van der Waals surface area contributed by atoms with Gasteiger partial charge in [0.1, 0.15) is 0 Å². The summed E-state index contributed by atoms with van der Waals surface area (Å²) in [5.41, 5.74) is 8.03. The molecule has 0 heterocycles. The summed E-state index contributed by atoms with van der Waals surface area (Å²) in [7, 11) is 0. The van der Waals surface area contributed by atoms with Crippen molar-refractivity contribution < 1.29 is 0 Å². The Morgan fingerprint density at radius 2 is 2.06 bits per heavy atom. The predicted octanol–water partition coefficient (Wildman–Crippen LogP) is 3.70. The van der Waals surface area contributed by atoms with Crippen molar-refractivity contribution in [2.24, 2.45) is 5.92 Å². The molecule has 0 radical (unpaired) electrons. The topological polar surface area (TPSA) is 29.3 Å². The SMILES string of the molecule is CC(C)N(Cc1cccc(N)c1)CC1CCC1.Cl. The molecule has 1 aromatic carbocycles. The highest BCUT2D eigenvalue weighted by Gasteiger charge is 2.22. The van der Waals surface area contributed by atoms with Crippen LogP contribution in [0.4, 0.5) is 5.69 Å². The lowest BCUT2D eigenvalue weighted by atomic mass is 9.85. The van der Waals surface area contributed by atoms with Crippen molar-refractivity contribution in [2.75, 3.05) is 12.3 Å². The van der Waals surface area contributed by atoms with Gasteiger partial charge in [-0.3, -0.25) is 4.90 Å². The molecule has 1 saturated carbocycles. The van der Waals surface area contributed by atoms with E-state index < -0.39 is 0 Å². The first-order valence-corrected chi connectivity index (χ1v) is 6.73. The molecular formula is C15H25ClN2. The zero-order valence-electron chi connectivity index (χ0n) is 11.4. The highest BCUT2D eigenvalue weighted by atomic mass is 35.5. The summed E-state index contributed by atoms with van der Waals surface area (Å²) in [6, 6.07) is 8.88. The monoisotopic (exact) mass is 268 g/mol. The number of nitrogens with two attached hydrogens (primary N) is 1. The van der Waals surface area contributed by atoms with E-state index in [1.165, 1.54) is 31.4 Å². The van der Waals surface area contributed by atoms with Crippen LogP contribution in [-0.2, 0) is 6.54 Å². The zero-order chi connectivity index (χ0) is 12.3. The van der Waals surface area contributed by atoms with Gasteiger partial charge in [-0.1, -0.05) is 18.6 Å². The average molecular weight is 269 g/mol. The van der Waals surface area contributed by atoms with Gasteiger partial charge in [-0.2, -0.15) is 0 Å². The number of anilines is 1. The summed E-state index contributed by atoms with van der Waals surface area (Å²) in [6.07, 6.45) is 4.26. The summed E-state index contributed by atoms with van der Waals surface area (Å²) in [4.78, 5) is 2.57. The molecule has 1 aromatic rings. The maximum absolute atomic E-state index is 5.83. The van der Waals surface area contributed by atoms with Crippen LogP contribution in [0.1, 0.15) is 38.7 Å². The van der Waals surface area contributed by atoms with E-state index in [0.29, 0.717) is 6.04 Å². The fourth-order valence-corrected chi connectivity index (χ4v) is 2.39. The molecule has 2 rings (SSSR count). The van der Waals surface area contributed by atoms with Crippen LogP contribution in [0.5, 0.6) is 0 Å². The van der Waals surface area contributed by atoms with Crippen LogP contribution in [-0.4, -0.2) is 17.5 Å². The maximum atomic E-state index is 5.83. The van der Waals surface area contributed by atoms with E-state index in [9.17, 15) is 0 Å². The Morgan fingerprint density at radius 3 is 2.56 bits per heavy atom. The van der Waals surface area contributed by atoms with Gasteiger partial charge in [0, 0.05) is 24.8 Å². The molecule has 0 saturated heterocycles. The molecule has 18 heavy (non-hydrogen) atoms. The van der Waals surface area contributed by atoms with Gasteiger partial charge in [-0.05, 0) is 50.3 Å². The fraction of sp³-hybridized carbons (Fsp3) is 0.600. The van der Waals surface area contributed by atoms with Crippen LogP contribution in [0, 0.1) is 5.92 Å². The summed E-state index contributed by atoms with van der Waals surface area (Å²) in [6.45, 7) is 6.83. The Morgan fingerprint density at radius 1 is 1.33 bits per heavy atom. The van der Waals surface area contributed by atoms with Crippen LogP contribution >= 0.6 is 12.4 Å². The molecule has 0 bridgehead atoms. The second kappa shape index (κ2) is 7.01. The normalized spacial score (nSPS) is 15.6. The van der Waals surface area contributed by atoms with Crippen LogP contribution in [0.2, 0.25) is 0 Å². The highest BCUT2D eigenvalue weighted by molar-refractivity contribution is 5.85. The zero-order valence-corrected chi connectivity index (χ0v) is 12.2. The summed E-state index contributed by atoms with van der Waals surface area (Å²) in [5, 5.41) is 0. The van der Waals surface area contributed by atoms with Crippen molar-refractivity contribution in [2.45, 2.75) is 45.7 Å². The maximum Gasteiger partial charge on any atom is 0.0317 e. The minimum atomic E-state index is 0. The number of nitrogen functional groups attached to an aromatic ring is 1. The van der Waals surface area contributed by atoms with Gasteiger partial charge in [-0.25, -0.2) is 0 Å². The first-order valence-electron chi connectivity index (χ1n) is 6.73. The molecule has 0 aromatic heterocycles. The van der Waals surface area contributed by atoms with Crippen LogP contribution < -0.4 is 5.73 Å². The number of hydrogen-bond donors (Lipinski definition) is 1. The summed E-state index contributed by atoms with van der Waals surface area (Å²) >= 11 is 0. The fourth-order valence-electron chi connectivity index (χ4n) is 2.39. The van der Waals surface area contributed by atoms with Crippen molar-refractivity contribution >= 4 is 18.1 Å². The Bertz CT molecular complexity index is 361. The molecule has 0 unspecified atom stereocenters. The van der Waals surface area contributed by atoms with E-state index >= 15 is 0 Å². The van der Waals surface area contributed by atoms with E-state index in [0.717, 1.165) is 18.2 Å². The van der Waals surface area contributed by atoms with Gasteiger partial charge in [0.25, 0.3) is 0 Å². The first kappa shape index (κ1) is 15.3. The van der Waals surface area contributed by atoms with E-state index in [1.54, 1.807) is 0 Å². The summed E-state index contributed by atoms with van der Waals surface area (Å²) in [5.74, 6) is 0.929. The molecule has 2 N–H and O–H groups in total. The smallest absolute Gasteiger partial charge is 0.0317 e. The largest absolute Gasteiger partial charge is 0.399 e. The number of hydrogen-bond acceptors (Lipinski definition) is 2. The molecule has 1 fully saturated rings. The second-order valence-electron chi connectivity index (χ2n) is 5.57. The van der Waals surface area contributed by atoms with E-state index in [2.05, 4.69) is 30.9 Å². The molecule has 0 atom stereocenters. The molecule has 1 aliphatic rings. The van der Waals surface area contributed by atoms with E-state index in [4.69, 9.17) is 5.73 Å². The third-order valence-corrected chi connectivity index (χ3v) is 3.78. The van der Waals surface area contributed by atoms with Crippen molar-refractivity contribution in [3.8, 4) is 0 Å². The number of nitrogens with zero attached hydrogens (tertiary/aromatic N) is 1. The van der Waals surface area contributed by atoms with Crippen LogP contribution in [0.15, 0.2) is 24.3 Å². The van der Waals surface area contributed by atoms with Crippen molar-refractivity contribution in [3.63, 3.8) is 0 Å². The van der Waals surface area contributed by atoms with Crippen molar-refractivity contribution in [1.29, 1.82) is 0 Å². The van der Waals surface area contributed by atoms with Gasteiger partial charge in [0.15, 0.2) is 0 Å². The standard InChI is InChI=1S/C15H24N2.ClH/c1-12(2)17(10-13-5-3-6-13)11-14-7-4-8-15(16)9-14;/h4,7-9,12-13H,3,5-6,10-11,16H2,1-2H3;1H. The predicted molar refractivity (Wildman–Crippen MR) is 81.0 cm³/mol. The Labute approximate surface area is 117 Å². The van der Waals surface area contributed by atoms with Gasteiger partial charge in [0.05, 0.1) is 0 Å². The molecule has 3 heteroatoms. The third-order valence-electron chi connectivity index (χ3n) is 3.78. The lowest BCUT2D eigenvalue weighted by molar-refractivity contribution is 0.140. The Balaban J connectivity index is 0.00000162. The van der Waals surface area contributed by atoms with E-state index in [1.807, 2.05) is 12.1 Å². The second-order valence-corrected chi connectivity index (χ2v) is 5.57. The number of benzene rings is 1. The third kappa shape index (κ3) is 4.18. The van der Waals surface area contributed by atoms with Gasteiger partial charge in [-0.15, -0.1) is 12.4 Å². The minimum Gasteiger partial charge on any atom is -0.399 e. The molecule has 102 valence electrons. The molecule has 2 nitrogen and oxygen atoms in total.